The fourth-order valence-electron chi connectivity index (χ4n) is 1.43. The average Bonchev–Trinajstić information content (AvgIpc) is 2.26. The number of halogens is 1. The van der Waals surface area contributed by atoms with Crippen molar-refractivity contribution in [1.82, 2.24) is 5.32 Å². The summed E-state index contributed by atoms with van der Waals surface area (Å²) in [5, 5.41) is 10.7. The normalized spacial score (nSPS) is 11.9. The van der Waals surface area contributed by atoms with Crippen molar-refractivity contribution >= 4 is 11.9 Å². The van der Waals surface area contributed by atoms with E-state index in [0.717, 1.165) is 5.56 Å². The van der Waals surface area contributed by atoms with Crippen molar-refractivity contribution in [2.24, 2.45) is 0 Å². The number of carbonyl (C=O) groups excluding carboxylic acids is 1. The molecule has 1 atom stereocenters. The predicted molar refractivity (Wildman–Crippen MR) is 60.0 cm³/mol. The summed E-state index contributed by atoms with van der Waals surface area (Å²) in [5.41, 5.74) is 0.821. The van der Waals surface area contributed by atoms with Crippen LogP contribution < -0.4 is 5.32 Å². The number of carbonyl (C=O) groups is 2. The van der Waals surface area contributed by atoms with Gasteiger partial charge in [-0.2, -0.15) is 0 Å². The second-order valence-corrected chi connectivity index (χ2v) is 3.85. The molecule has 1 amide bonds. The Bertz CT molecular complexity index is 420. The van der Waals surface area contributed by atoms with Gasteiger partial charge < -0.3 is 10.4 Å². The summed E-state index contributed by atoms with van der Waals surface area (Å²) in [6.07, 6.45) is 1.14. The van der Waals surface area contributed by atoms with Gasteiger partial charge in [-0.15, -0.1) is 0 Å². The highest BCUT2D eigenvalue weighted by Crippen LogP contribution is 2.07. The molecule has 1 rings (SSSR count). The molecule has 0 radical (unpaired) electrons. The van der Waals surface area contributed by atoms with Crippen molar-refractivity contribution < 1.29 is 19.1 Å². The first-order valence-corrected chi connectivity index (χ1v) is 5.27. The Hall–Kier alpha value is -1.91. The van der Waals surface area contributed by atoms with Crippen molar-refractivity contribution in [3.05, 3.63) is 35.6 Å². The highest BCUT2D eigenvalue weighted by Gasteiger charge is 2.13. The quantitative estimate of drug-likeness (QED) is 0.779. The Kier molecular flexibility index (Phi) is 4.63. The number of amides is 1. The lowest BCUT2D eigenvalue weighted by molar-refractivity contribution is -0.150. The summed E-state index contributed by atoms with van der Waals surface area (Å²) in [5.74, 6) is -2.82. The zero-order chi connectivity index (χ0) is 12.8. The molecule has 0 spiro atoms. The van der Waals surface area contributed by atoms with Crippen LogP contribution in [0.1, 0.15) is 18.9 Å². The molecule has 0 fully saturated rings. The molecule has 1 aromatic carbocycles. The van der Waals surface area contributed by atoms with Crippen molar-refractivity contribution in [1.29, 1.82) is 0 Å². The molecule has 5 heteroatoms. The van der Waals surface area contributed by atoms with Crippen molar-refractivity contribution in [3.63, 3.8) is 0 Å². The van der Waals surface area contributed by atoms with Crippen LogP contribution in [0.15, 0.2) is 24.3 Å². The minimum Gasteiger partial charge on any atom is -0.474 e. The van der Waals surface area contributed by atoms with Crippen LogP contribution >= 0.6 is 0 Å². The van der Waals surface area contributed by atoms with Gasteiger partial charge in [0.25, 0.3) is 0 Å². The average molecular weight is 239 g/mol. The van der Waals surface area contributed by atoms with Gasteiger partial charge in [0.2, 0.25) is 0 Å². The maximum absolute atomic E-state index is 12.9. The number of aryl methyl sites for hydroxylation is 1. The number of hydrogen-bond donors (Lipinski definition) is 2. The summed E-state index contributed by atoms with van der Waals surface area (Å²) < 4.78 is 12.9. The van der Waals surface area contributed by atoms with E-state index in [1.54, 1.807) is 19.1 Å². The van der Waals surface area contributed by atoms with Crippen LogP contribution in [0.5, 0.6) is 0 Å². The molecule has 2 N–H and O–H groups in total. The van der Waals surface area contributed by atoms with Gasteiger partial charge in [0.15, 0.2) is 0 Å². The van der Waals surface area contributed by atoms with Crippen molar-refractivity contribution in [2.45, 2.75) is 25.8 Å². The van der Waals surface area contributed by atoms with Crippen LogP contribution in [0.3, 0.4) is 0 Å². The van der Waals surface area contributed by atoms with E-state index in [-0.39, 0.29) is 11.9 Å². The summed E-state index contributed by atoms with van der Waals surface area (Å²) in [6.45, 7) is 1.71. The number of hydrogen-bond acceptors (Lipinski definition) is 2. The fraction of sp³-hybridized carbons (Fsp3) is 0.333. The molecule has 0 aliphatic carbocycles. The second-order valence-electron chi connectivity index (χ2n) is 3.85. The van der Waals surface area contributed by atoms with E-state index in [0.29, 0.717) is 12.8 Å². The van der Waals surface area contributed by atoms with Gasteiger partial charge in [-0.3, -0.25) is 4.79 Å². The molecule has 0 unspecified atom stereocenters. The van der Waals surface area contributed by atoms with E-state index in [2.05, 4.69) is 5.32 Å². The van der Waals surface area contributed by atoms with Crippen LogP contribution in [-0.2, 0) is 16.0 Å². The third kappa shape index (κ3) is 4.63. The molecule has 0 bridgehead atoms. The third-order valence-electron chi connectivity index (χ3n) is 2.33. The predicted octanol–water partition coefficient (Wildman–Crippen LogP) is 1.35. The minimum absolute atomic E-state index is 0.262. The zero-order valence-corrected chi connectivity index (χ0v) is 9.44. The van der Waals surface area contributed by atoms with Crippen molar-refractivity contribution in [2.75, 3.05) is 0 Å². The summed E-state index contributed by atoms with van der Waals surface area (Å²) in [7, 11) is 0. The molecule has 0 saturated carbocycles. The SMILES string of the molecule is C[C@H](CCc1cccc(F)c1)NC(=O)C(=O)O. The van der Waals surface area contributed by atoms with Crippen molar-refractivity contribution in [3.8, 4) is 0 Å². The Morgan fingerprint density at radius 1 is 1.47 bits per heavy atom. The van der Waals surface area contributed by atoms with Gasteiger partial charge in [0, 0.05) is 6.04 Å². The molecule has 92 valence electrons. The Labute approximate surface area is 98.5 Å². The molecule has 0 saturated heterocycles. The molecular weight excluding hydrogens is 225 g/mol. The first-order chi connectivity index (χ1) is 7.99. The molecule has 0 aliphatic rings. The smallest absolute Gasteiger partial charge is 0.394 e. The second kappa shape index (κ2) is 5.98. The third-order valence-corrected chi connectivity index (χ3v) is 2.33. The number of rotatable bonds is 4. The number of nitrogens with one attached hydrogen (secondary N) is 1. The van der Waals surface area contributed by atoms with Gasteiger partial charge >= 0.3 is 11.9 Å². The van der Waals surface area contributed by atoms with Crippen LogP contribution in [0.4, 0.5) is 4.39 Å². The number of benzene rings is 1. The number of carboxylic acid groups (broad SMARTS) is 1. The maximum Gasteiger partial charge on any atom is 0.394 e. The van der Waals surface area contributed by atoms with Gasteiger partial charge in [0.1, 0.15) is 5.82 Å². The highest BCUT2D eigenvalue weighted by molar-refractivity contribution is 6.31. The summed E-state index contributed by atoms with van der Waals surface area (Å²) in [6, 6.07) is 5.92. The number of aliphatic carboxylic acids is 1. The van der Waals surface area contributed by atoms with Crippen LogP contribution in [0.25, 0.3) is 0 Å². The molecule has 17 heavy (non-hydrogen) atoms. The summed E-state index contributed by atoms with van der Waals surface area (Å²) in [4.78, 5) is 21.1. The fourth-order valence-corrected chi connectivity index (χ4v) is 1.43. The van der Waals surface area contributed by atoms with E-state index >= 15 is 0 Å². The lowest BCUT2D eigenvalue weighted by Crippen LogP contribution is -2.37. The van der Waals surface area contributed by atoms with E-state index in [9.17, 15) is 14.0 Å². The lowest BCUT2D eigenvalue weighted by atomic mass is 10.1. The first-order valence-electron chi connectivity index (χ1n) is 5.27. The highest BCUT2D eigenvalue weighted by atomic mass is 19.1. The molecule has 0 aromatic heterocycles. The Balaban J connectivity index is 2.40. The van der Waals surface area contributed by atoms with Crippen LogP contribution in [0, 0.1) is 5.82 Å². The first kappa shape index (κ1) is 13.2. The minimum atomic E-state index is -1.50. The molecular formula is C12H14FNO3. The van der Waals surface area contributed by atoms with Gasteiger partial charge in [-0.1, -0.05) is 12.1 Å². The van der Waals surface area contributed by atoms with E-state index in [4.69, 9.17) is 5.11 Å². The maximum atomic E-state index is 12.9. The molecule has 0 heterocycles. The van der Waals surface area contributed by atoms with E-state index in [1.807, 2.05) is 0 Å². The Morgan fingerprint density at radius 3 is 2.76 bits per heavy atom. The van der Waals surface area contributed by atoms with Crippen LogP contribution in [-0.4, -0.2) is 23.0 Å². The van der Waals surface area contributed by atoms with Crippen LogP contribution in [0.2, 0.25) is 0 Å². The van der Waals surface area contributed by atoms with E-state index < -0.39 is 11.9 Å². The van der Waals surface area contributed by atoms with Gasteiger partial charge in [-0.25, -0.2) is 9.18 Å². The Morgan fingerprint density at radius 2 is 2.18 bits per heavy atom. The largest absolute Gasteiger partial charge is 0.474 e. The van der Waals surface area contributed by atoms with Gasteiger partial charge in [-0.05, 0) is 37.5 Å². The topological polar surface area (TPSA) is 66.4 Å². The standard InChI is InChI=1S/C12H14FNO3/c1-8(14-11(15)12(16)17)5-6-9-3-2-4-10(13)7-9/h2-4,7-8H,5-6H2,1H3,(H,14,15)(H,16,17)/t8-/m1/s1. The molecule has 4 nitrogen and oxygen atoms in total. The van der Waals surface area contributed by atoms with Gasteiger partial charge in [0.05, 0.1) is 0 Å². The molecule has 1 aromatic rings. The zero-order valence-electron chi connectivity index (χ0n) is 9.44. The molecule has 0 aliphatic heterocycles. The lowest BCUT2D eigenvalue weighted by Gasteiger charge is -2.11. The summed E-state index contributed by atoms with van der Waals surface area (Å²) >= 11 is 0. The van der Waals surface area contributed by atoms with E-state index in [1.165, 1.54) is 12.1 Å². The monoisotopic (exact) mass is 239 g/mol. The number of carboxylic acids is 1.